The number of imidazole rings is 1. The second kappa shape index (κ2) is 5.68. The number of hydrogen-bond acceptors (Lipinski definition) is 3. The molecule has 4 nitrogen and oxygen atoms in total. The molecule has 0 atom stereocenters. The highest BCUT2D eigenvalue weighted by Crippen LogP contribution is 2.17. The van der Waals surface area contributed by atoms with Crippen molar-refractivity contribution in [3.63, 3.8) is 0 Å². The molecule has 0 unspecified atom stereocenters. The van der Waals surface area contributed by atoms with Crippen molar-refractivity contribution in [1.82, 2.24) is 9.55 Å². The molecule has 1 aromatic carbocycles. The van der Waals surface area contributed by atoms with Gasteiger partial charge in [-0.05, 0) is 25.5 Å². The highest BCUT2D eigenvalue weighted by Gasteiger charge is 2.05. The van der Waals surface area contributed by atoms with Gasteiger partial charge in [-0.2, -0.15) is 0 Å². The number of ether oxygens (including phenoxy) is 1. The molecule has 1 aromatic heterocycles. The van der Waals surface area contributed by atoms with Crippen molar-refractivity contribution in [3.05, 3.63) is 24.3 Å². The molecule has 0 aliphatic rings. The summed E-state index contributed by atoms with van der Waals surface area (Å²) in [6.07, 6.45) is 0.997. The summed E-state index contributed by atoms with van der Waals surface area (Å²) in [7, 11) is 2.03. The molecule has 1 heterocycles. The molecule has 2 rings (SSSR count). The lowest BCUT2D eigenvalue weighted by Crippen LogP contribution is -2.09. The summed E-state index contributed by atoms with van der Waals surface area (Å²) in [5.41, 5.74) is 2.18. The number of para-hydroxylation sites is 2. The van der Waals surface area contributed by atoms with Gasteiger partial charge >= 0.3 is 0 Å². The van der Waals surface area contributed by atoms with Gasteiger partial charge in [-0.25, -0.2) is 4.98 Å². The molecule has 17 heavy (non-hydrogen) atoms. The Morgan fingerprint density at radius 2 is 2.18 bits per heavy atom. The van der Waals surface area contributed by atoms with E-state index in [4.69, 9.17) is 4.74 Å². The van der Waals surface area contributed by atoms with Crippen molar-refractivity contribution < 1.29 is 4.74 Å². The Kier molecular flexibility index (Phi) is 3.98. The maximum absolute atomic E-state index is 5.29. The van der Waals surface area contributed by atoms with Crippen LogP contribution in [0.1, 0.15) is 13.3 Å². The predicted molar refractivity (Wildman–Crippen MR) is 70.3 cm³/mol. The Balaban J connectivity index is 1.97. The van der Waals surface area contributed by atoms with Gasteiger partial charge in [0.2, 0.25) is 5.95 Å². The van der Waals surface area contributed by atoms with E-state index in [1.54, 1.807) is 0 Å². The van der Waals surface area contributed by atoms with E-state index in [0.717, 1.165) is 43.2 Å². The van der Waals surface area contributed by atoms with E-state index >= 15 is 0 Å². The number of hydrogen-bond donors (Lipinski definition) is 1. The molecule has 0 fully saturated rings. The lowest BCUT2D eigenvalue weighted by atomic mass is 10.3. The molecule has 0 aliphatic carbocycles. The minimum atomic E-state index is 0.784. The number of nitrogens with one attached hydrogen (secondary N) is 1. The highest BCUT2D eigenvalue weighted by molar-refractivity contribution is 5.78. The number of fused-ring (bicyclic) bond motifs is 1. The van der Waals surface area contributed by atoms with Crippen molar-refractivity contribution in [1.29, 1.82) is 0 Å². The van der Waals surface area contributed by atoms with E-state index in [1.165, 1.54) is 0 Å². The molecule has 0 aliphatic heterocycles. The Morgan fingerprint density at radius 1 is 1.35 bits per heavy atom. The van der Waals surface area contributed by atoms with Crippen LogP contribution in [-0.2, 0) is 11.8 Å². The van der Waals surface area contributed by atoms with Gasteiger partial charge < -0.3 is 14.6 Å². The van der Waals surface area contributed by atoms with Crippen LogP contribution in [0.4, 0.5) is 5.95 Å². The molecule has 4 heteroatoms. The van der Waals surface area contributed by atoms with Crippen LogP contribution in [0, 0.1) is 0 Å². The second-order valence-corrected chi connectivity index (χ2v) is 3.96. The van der Waals surface area contributed by atoms with E-state index in [9.17, 15) is 0 Å². The molecule has 0 bridgehead atoms. The first-order chi connectivity index (χ1) is 8.33. The van der Waals surface area contributed by atoms with Gasteiger partial charge in [0, 0.05) is 26.8 Å². The van der Waals surface area contributed by atoms with Gasteiger partial charge in [0.1, 0.15) is 0 Å². The number of anilines is 1. The summed E-state index contributed by atoms with van der Waals surface area (Å²) in [6, 6.07) is 8.14. The molecule has 1 N–H and O–H groups in total. The number of benzene rings is 1. The number of aryl methyl sites for hydroxylation is 1. The van der Waals surface area contributed by atoms with Crippen molar-refractivity contribution in [2.24, 2.45) is 7.05 Å². The zero-order chi connectivity index (χ0) is 12.1. The average molecular weight is 233 g/mol. The molecular formula is C13H19N3O. The summed E-state index contributed by atoms with van der Waals surface area (Å²) >= 11 is 0. The normalized spacial score (nSPS) is 10.9. The third-order valence-electron chi connectivity index (χ3n) is 2.74. The minimum Gasteiger partial charge on any atom is -0.382 e. The monoisotopic (exact) mass is 233 g/mol. The topological polar surface area (TPSA) is 39.1 Å². The van der Waals surface area contributed by atoms with Crippen LogP contribution >= 0.6 is 0 Å². The second-order valence-electron chi connectivity index (χ2n) is 3.96. The lowest BCUT2D eigenvalue weighted by Gasteiger charge is -2.06. The Morgan fingerprint density at radius 3 is 2.94 bits per heavy atom. The SMILES string of the molecule is CCOCCCNc1nc2ccccc2n1C. The van der Waals surface area contributed by atoms with Gasteiger partial charge in [0.25, 0.3) is 0 Å². The number of nitrogens with zero attached hydrogens (tertiary/aromatic N) is 2. The summed E-state index contributed by atoms with van der Waals surface area (Å²) in [6.45, 7) is 4.48. The zero-order valence-electron chi connectivity index (χ0n) is 10.4. The standard InChI is InChI=1S/C13H19N3O/c1-3-17-10-6-9-14-13-15-11-7-4-5-8-12(11)16(13)2/h4-5,7-8H,3,6,9-10H2,1-2H3,(H,14,15). The summed E-state index contributed by atoms with van der Waals surface area (Å²) in [5.74, 6) is 0.919. The Bertz CT molecular complexity index is 478. The van der Waals surface area contributed by atoms with Crippen LogP contribution in [0.25, 0.3) is 11.0 Å². The van der Waals surface area contributed by atoms with Crippen molar-refractivity contribution in [2.45, 2.75) is 13.3 Å². The number of rotatable bonds is 6. The van der Waals surface area contributed by atoms with Crippen molar-refractivity contribution in [3.8, 4) is 0 Å². The van der Waals surface area contributed by atoms with Gasteiger partial charge in [-0.3, -0.25) is 0 Å². The zero-order valence-corrected chi connectivity index (χ0v) is 10.4. The summed E-state index contributed by atoms with van der Waals surface area (Å²) < 4.78 is 7.37. The van der Waals surface area contributed by atoms with Crippen molar-refractivity contribution in [2.75, 3.05) is 25.1 Å². The first kappa shape index (κ1) is 11.9. The molecule has 0 radical (unpaired) electrons. The smallest absolute Gasteiger partial charge is 0.203 e. The van der Waals surface area contributed by atoms with Crippen molar-refractivity contribution >= 4 is 17.0 Å². The fourth-order valence-electron chi connectivity index (χ4n) is 1.82. The van der Waals surface area contributed by atoms with E-state index < -0.39 is 0 Å². The van der Waals surface area contributed by atoms with Crippen LogP contribution in [0.2, 0.25) is 0 Å². The van der Waals surface area contributed by atoms with Crippen LogP contribution in [0.3, 0.4) is 0 Å². The van der Waals surface area contributed by atoms with Crippen LogP contribution in [-0.4, -0.2) is 29.3 Å². The summed E-state index contributed by atoms with van der Waals surface area (Å²) in [4.78, 5) is 4.54. The predicted octanol–water partition coefficient (Wildman–Crippen LogP) is 2.41. The van der Waals surface area contributed by atoms with Crippen LogP contribution < -0.4 is 5.32 Å². The average Bonchev–Trinajstić information content (AvgIpc) is 2.67. The number of aromatic nitrogens is 2. The van der Waals surface area contributed by atoms with Gasteiger partial charge in [-0.1, -0.05) is 12.1 Å². The molecule has 92 valence electrons. The molecule has 0 spiro atoms. The van der Waals surface area contributed by atoms with E-state index in [1.807, 2.05) is 32.2 Å². The molecular weight excluding hydrogens is 214 g/mol. The maximum atomic E-state index is 5.29. The first-order valence-electron chi connectivity index (χ1n) is 6.06. The third kappa shape index (κ3) is 2.77. The molecule has 2 aromatic rings. The Hall–Kier alpha value is -1.55. The van der Waals surface area contributed by atoms with Gasteiger partial charge in [-0.15, -0.1) is 0 Å². The van der Waals surface area contributed by atoms with E-state index in [2.05, 4.69) is 20.9 Å². The first-order valence-corrected chi connectivity index (χ1v) is 6.06. The lowest BCUT2D eigenvalue weighted by molar-refractivity contribution is 0.147. The highest BCUT2D eigenvalue weighted by atomic mass is 16.5. The fourth-order valence-corrected chi connectivity index (χ4v) is 1.82. The van der Waals surface area contributed by atoms with E-state index in [-0.39, 0.29) is 0 Å². The summed E-state index contributed by atoms with van der Waals surface area (Å²) in [5, 5.41) is 3.33. The maximum Gasteiger partial charge on any atom is 0.203 e. The Labute approximate surface area is 102 Å². The molecule has 0 amide bonds. The van der Waals surface area contributed by atoms with Crippen LogP contribution in [0.15, 0.2) is 24.3 Å². The van der Waals surface area contributed by atoms with Gasteiger partial charge in [0.15, 0.2) is 0 Å². The fraction of sp³-hybridized carbons (Fsp3) is 0.462. The minimum absolute atomic E-state index is 0.784. The van der Waals surface area contributed by atoms with Gasteiger partial charge in [0.05, 0.1) is 11.0 Å². The third-order valence-corrected chi connectivity index (χ3v) is 2.74. The largest absolute Gasteiger partial charge is 0.382 e. The van der Waals surface area contributed by atoms with E-state index in [0.29, 0.717) is 0 Å². The molecule has 0 saturated carbocycles. The van der Waals surface area contributed by atoms with Crippen LogP contribution in [0.5, 0.6) is 0 Å². The quantitative estimate of drug-likeness (QED) is 0.779. The molecule has 0 saturated heterocycles.